The number of nitrogens with two attached hydrogens (primary N) is 1. The van der Waals surface area contributed by atoms with Gasteiger partial charge in [-0.25, -0.2) is 0 Å². The van der Waals surface area contributed by atoms with Gasteiger partial charge in [-0.2, -0.15) is 0 Å². The molecule has 2 rings (SSSR count). The molecule has 80 valence electrons. The molecule has 4 heteroatoms. The Bertz CT molecular complexity index is 501. The highest BCUT2D eigenvalue weighted by Crippen LogP contribution is 2.17. The lowest BCUT2D eigenvalue weighted by Crippen LogP contribution is -2.15. The molecule has 1 amide bonds. The Labute approximate surface area is 93.2 Å². The highest BCUT2D eigenvalue weighted by atomic mass is 16.1. The first-order chi connectivity index (χ1) is 7.79. The number of carbonyl (C=O) groups is 1. The van der Waals surface area contributed by atoms with Crippen LogP contribution >= 0.6 is 0 Å². The Morgan fingerprint density at radius 3 is 2.94 bits per heavy atom. The second-order valence-electron chi connectivity index (χ2n) is 3.25. The van der Waals surface area contributed by atoms with E-state index >= 15 is 0 Å². The van der Waals surface area contributed by atoms with E-state index in [4.69, 9.17) is 5.73 Å². The van der Waals surface area contributed by atoms with Crippen LogP contribution in [0.2, 0.25) is 0 Å². The maximum absolute atomic E-state index is 11.3. The zero-order chi connectivity index (χ0) is 11.4. The largest absolute Gasteiger partial charge is 0.366 e. The summed E-state index contributed by atoms with van der Waals surface area (Å²) in [5.41, 5.74) is 7.29. The summed E-state index contributed by atoms with van der Waals surface area (Å²) in [6.07, 6.45) is 6.84. The lowest BCUT2D eigenvalue weighted by atomic mass is 10.0. The van der Waals surface area contributed by atoms with Crippen molar-refractivity contribution in [1.29, 1.82) is 0 Å². The quantitative estimate of drug-likeness (QED) is 0.776. The van der Waals surface area contributed by atoms with Gasteiger partial charge in [0, 0.05) is 23.5 Å². The molecule has 3 N–H and O–H groups in total. The van der Waals surface area contributed by atoms with Crippen LogP contribution in [0.1, 0.15) is 15.9 Å². The second kappa shape index (κ2) is 4.44. The fourth-order valence-corrected chi connectivity index (χ4v) is 1.47. The first-order valence-corrected chi connectivity index (χ1v) is 4.83. The molecular weight excluding hydrogens is 202 g/mol. The zero-order valence-electron chi connectivity index (χ0n) is 8.55. The molecule has 0 atom stereocenters. The molecule has 0 aliphatic carbocycles. The summed E-state index contributed by atoms with van der Waals surface area (Å²) in [5, 5.41) is 3.04. The Kier molecular flexibility index (Phi) is 2.82. The molecule has 0 saturated carbocycles. The van der Waals surface area contributed by atoms with Crippen molar-refractivity contribution in [2.75, 3.05) is 0 Å². The van der Waals surface area contributed by atoms with E-state index in [2.05, 4.69) is 10.3 Å². The highest BCUT2D eigenvalue weighted by Gasteiger charge is 2.10. The zero-order valence-corrected chi connectivity index (χ0v) is 8.55. The molecule has 1 aliphatic heterocycles. The van der Waals surface area contributed by atoms with Gasteiger partial charge in [0.05, 0.1) is 11.9 Å². The lowest BCUT2D eigenvalue weighted by molar-refractivity contribution is 0.1000. The van der Waals surface area contributed by atoms with E-state index in [1.807, 2.05) is 12.1 Å². The van der Waals surface area contributed by atoms with Crippen molar-refractivity contribution in [2.24, 2.45) is 10.7 Å². The van der Waals surface area contributed by atoms with Crippen molar-refractivity contribution in [3.05, 3.63) is 53.9 Å². The fourth-order valence-electron chi connectivity index (χ4n) is 1.47. The van der Waals surface area contributed by atoms with Crippen LogP contribution in [0.5, 0.6) is 0 Å². The minimum atomic E-state index is -0.449. The van der Waals surface area contributed by atoms with E-state index in [-0.39, 0.29) is 0 Å². The normalized spacial score (nSPS) is 13.9. The summed E-state index contributed by atoms with van der Waals surface area (Å²) in [6, 6.07) is 7.15. The third-order valence-electron chi connectivity index (χ3n) is 2.19. The summed E-state index contributed by atoms with van der Waals surface area (Å²) in [4.78, 5) is 15.3. The first kappa shape index (κ1) is 10.2. The number of hydrogen-bond acceptors (Lipinski definition) is 3. The Morgan fingerprint density at radius 1 is 1.31 bits per heavy atom. The minimum absolute atomic E-state index is 0.449. The number of nitrogens with one attached hydrogen (secondary N) is 1. The number of aliphatic imine (C=N–C) groups is 1. The summed E-state index contributed by atoms with van der Waals surface area (Å²) >= 11 is 0. The van der Waals surface area contributed by atoms with Crippen LogP contribution in [-0.2, 0) is 0 Å². The summed E-state index contributed by atoms with van der Waals surface area (Å²) in [6.45, 7) is 0. The standard InChI is InChI=1S/C12H11N3O/c13-12(16)10-5-2-1-4-9(10)11-8-14-6-3-7-15-11/h1-8,15H,(H2,13,16). The van der Waals surface area contributed by atoms with Crippen molar-refractivity contribution in [3.63, 3.8) is 0 Å². The van der Waals surface area contributed by atoms with Crippen LogP contribution in [0.15, 0.2) is 47.7 Å². The smallest absolute Gasteiger partial charge is 0.249 e. The topological polar surface area (TPSA) is 67.5 Å². The van der Waals surface area contributed by atoms with Gasteiger partial charge in [-0.05, 0) is 12.1 Å². The maximum Gasteiger partial charge on any atom is 0.249 e. The average molecular weight is 213 g/mol. The van der Waals surface area contributed by atoms with Crippen molar-refractivity contribution in [2.45, 2.75) is 0 Å². The van der Waals surface area contributed by atoms with Crippen LogP contribution in [0.4, 0.5) is 0 Å². The van der Waals surface area contributed by atoms with Gasteiger partial charge in [-0.15, -0.1) is 0 Å². The number of allylic oxidation sites excluding steroid dienone is 1. The van der Waals surface area contributed by atoms with E-state index in [1.54, 1.807) is 36.8 Å². The van der Waals surface area contributed by atoms with Crippen LogP contribution in [0.25, 0.3) is 5.70 Å². The van der Waals surface area contributed by atoms with Gasteiger partial charge in [0.25, 0.3) is 0 Å². The number of amides is 1. The summed E-state index contributed by atoms with van der Waals surface area (Å²) in [7, 11) is 0. The van der Waals surface area contributed by atoms with Gasteiger partial charge in [-0.3, -0.25) is 9.79 Å². The van der Waals surface area contributed by atoms with Crippen LogP contribution in [0, 0.1) is 0 Å². The molecule has 16 heavy (non-hydrogen) atoms. The van der Waals surface area contributed by atoms with Gasteiger partial charge in [0.1, 0.15) is 0 Å². The van der Waals surface area contributed by atoms with Gasteiger partial charge < -0.3 is 11.1 Å². The van der Waals surface area contributed by atoms with E-state index in [9.17, 15) is 4.79 Å². The summed E-state index contributed by atoms with van der Waals surface area (Å²) in [5.74, 6) is -0.449. The van der Waals surface area contributed by atoms with Gasteiger partial charge >= 0.3 is 0 Å². The molecule has 4 nitrogen and oxygen atoms in total. The Balaban J connectivity index is 2.47. The number of benzene rings is 1. The van der Waals surface area contributed by atoms with Crippen LogP contribution in [0.3, 0.4) is 0 Å². The lowest BCUT2D eigenvalue weighted by Gasteiger charge is -2.09. The molecule has 1 aromatic rings. The highest BCUT2D eigenvalue weighted by molar-refractivity contribution is 5.98. The first-order valence-electron chi connectivity index (χ1n) is 4.83. The van der Waals surface area contributed by atoms with Crippen molar-refractivity contribution < 1.29 is 4.79 Å². The number of nitrogens with zero attached hydrogens (tertiary/aromatic N) is 1. The molecular formula is C12H11N3O. The minimum Gasteiger partial charge on any atom is -0.366 e. The van der Waals surface area contributed by atoms with E-state index in [0.29, 0.717) is 5.56 Å². The second-order valence-corrected chi connectivity index (χ2v) is 3.25. The van der Waals surface area contributed by atoms with Crippen molar-refractivity contribution in [3.8, 4) is 0 Å². The monoisotopic (exact) mass is 213 g/mol. The fraction of sp³-hybridized carbons (Fsp3) is 0. The van der Waals surface area contributed by atoms with E-state index < -0.39 is 5.91 Å². The van der Waals surface area contributed by atoms with E-state index in [0.717, 1.165) is 11.3 Å². The van der Waals surface area contributed by atoms with Crippen LogP contribution < -0.4 is 11.1 Å². The predicted molar refractivity (Wildman–Crippen MR) is 63.7 cm³/mol. The Morgan fingerprint density at radius 2 is 2.12 bits per heavy atom. The molecule has 1 heterocycles. The third-order valence-corrected chi connectivity index (χ3v) is 2.19. The molecule has 0 bridgehead atoms. The molecule has 0 saturated heterocycles. The SMILES string of the molecule is NC(=O)c1ccccc1C1=CN=CC=CN1. The molecule has 1 aromatic carbocycles. The number of rotatable bonds is 2. The van der Waals surface area contributed by atoms with Crippen molar-refractivity contribution in [1.82, 2.24) is 5.32 Å². The van der Waals surface area contributed by atoms with Gasteiger partial charge in [-0.1, -0.05) is 18.2 Å². The molecule has 0 unspecified atom stereocenters. The molecule has 0 aromatic heterocycles. The number of hydrogen-bond donors (Lipinski definition) is 2. The van der Waals surface area contributed by atoms with Crippen molar-refractivity contribution >= 4 is 17.8 Å². The Hall–Kier alpha value is -2.36. The average Bonchev–Trinajstić information content (AvgIpc) is 2.57. The third kappa shape index (κ3) is 2.00. The molecule has 0 radical (unpaired) electrons. The number of carbonyl (C=O) groups excluding carboxylic acids is 1. The molecule has 0 fully saturated rings. The predicted octanol–water partition coefficient (Wildman–Crippen LogP) is 1.27. The van der Waals surface area contributed by atoms with E-state index in [1.165, 1.54) is 0 Å². The molecule has 0 spiro atoms. The van der Waals surface area contributed by atoms with Crippen LogP contribution in [-0.4, -0.2) is 12.1 Å². The van der Waals surface area contributed by atoms with Gasteiger partial charge in [0.2, 0.25) is 5.91 Å². The number of primary amides is 1. The maximum atomic E-state index is 11.3. The van der Waals surface area contributed by atoms with Gasteiger partial charge in [0.15, 0.2) is 0 Å². The summed E-state index contributed by atoms with van der Waals surface area (Å²) < 4.78 is 0. The molecule has 1 aliphatic rings.